The molecule has 1 aromatic heterocycles. The van der Waals surface area contributed by atoms with Crippen LogP contribution in [0.25, 0.3) is 0 Å². The van der Waals surface area contributed by atoms with Gasteiger partial charge in [-0.3, -0.25) is 0 Å². The molecule has 0 aliphatic carbocycles. The predicted octanol–water partition coefficient (Wildman–Crippen LogP) is 1.29. The number of aromatic nitrogens is 1. The van der Waals surface area contributed by atoms with Crippen molar-refractivity contribution in [1.82, 2.24) is 4.98 Å². The molecule has 0 saturated carbocycles. The Labute approximate surface area is 87.9 Å². The largest absolute Gasteiger partial charge is 0.391 e. The number of alkyl halides is 2. The van der Waals surface area contributed by atoms with E-state index in [2.05, 4.69) is 4.98 Å². The van der Waals surface area contributed by atoms with Gasteiger partial charge in [0.05, 0.1) is 12.2 Å². The normalized spacial score (nSPS) is 10.2. The lowest BCUT2D eigenvalue weighted by atomic mass is 10.1. The molecule has 0 radical (unpaired) electrons. The van der Waals surface area contributed by atoms with Gasteiger partial charge in [-0.05, 0) is 16.0 Å². The quantitative estimate of drug-likeness (QED) is 0.621. The number of nitriles is 1. The number of nitrogens with zero attached hydrogens (tertiary/aromatic N) is 3. The van der Waals surface area contributed by atoms with Gasteiger partial charge in [0.25, 0.3) is 0 Å². The molecule has 84 valence electrons. The highest BCUT2D eigenvalue weighted by Crippen LogP contribution is 2.26. The summed E-state index contributed by atoms with van der Waals surface area (Å²) in [6.45, 7) is -0.749. The molecule has 1 N–H and O–H groups in total. The van der Waals surface area contributed by atoms with Crippen molar-refractivity contribution in [3.05, 3.63) is 33.0 Å². The van der Waals surface area contributed by atoms with Crippen molar-refractivity contribution in [2.45, 2.75) is 13.0 Å². The highest BCUT2D eigenvalue weighted by Gasteiger charge is 2.26. The average Bonchev–Trinajstić information content (AvgIpc) is 2.26. The molecule has 8 heteroatoms. The molecule has 0 unspecified atom stereocenters. The Kier molecular flexibility index (Phi) is 3.42. The van der Waals surface area contributed by atoms with Crippen LogP contribution >= 0.6 is 0 Å². The summed E-state index contributed by atoms with van der Waals surface area (Å²) >= 11 is 0. The maximum atomic E-state index is 12.4. The minimum absolute atomic E-state index is 0.272. The van der Waals surface area contributed by atoms with Crippen LogP contribution in [0.3, 0.4) is 0 Å². The third kappa shape index (κ3) is 2.09. The van der Waals surface area contributed by atoms with Gasteiger partial charge in [-0.25, -0.2) is 8.78 Å². The van der Waals surface area contributed by atoms with Crippen LogP contribution in [-0.4, -0.2) is 15.0 Å². The number of halogens is 2. The van der Waals surface area contributed by atoms with E-state index in [1.54, 1.807) is 0 Å². The highest BCUT2D eigenvalue weighted by molar-refractivity contribution is 5.44. The average molecular weight is 229 g/mol. The SMILES string of the molecule is N#Cc1cc(CO)c([N+](=O)[O-])nc1C(F)F. The van der Waals surface area contributed by atoms with Crippen LogP contribution in [0.2, 0.25) is 0 Å². The molecule has 16 heavy (non-hydrogen) atoms. The summed E-state index contributed by atoms with van der Waals surface area (Å²) in [5.74, 6) is -0.864. The fourth-order valence-electron chi connectivity index (χ4n) is 1.09. The maximum Gasteiger partial charge on any atom is 0.369 e. The van der Waals surface area contributed by atoms with Gasteiger partial charge in [0.1, 0.15) is 11.6 Å². The monoisotopic (exact) mass is 229 g/mol. The first-order chi connectivity index (χ1) is 7.51. The molecular weight excluding hydrogens is 224 g/mol. The minimum Gasteiger partial charge on any atom is -0.391 e. The number of aliphatic hydroxyl groups excluding tert-OH is 1. The summed E-state index contributed by atoms with van der Waals surface area (Å²) < 4.78 is 24.8. The van der Waals surface area contributed by atoms with Gasteiger partial charge in [0.15, 0.2) is 0 Å². The van der Waals surface area contributed by atoms with E-state index in [1.165, 1.54) is 6.07 Å². The Morgan fingerprint density at radius 3 is 2.69 bits per heavy atom. The molecule has 0 aromatic carbocycles. The van der Waals surface area contributed by atoms with Crippen molar-refractivity contribution >= 4 is 5.82 Å². The van der Waals surface area contributed by atoms with Gasteiger partial charge in [-0.2, -0.15) is 5.26 Å². The summed E-state index contributed by atoms with van der Waals surface area (Å²) in [7, 11) is 0. The van der Waals surface area contributed by atoms with Crippen LogP contribution in [0, 0.1) is 21.4 Å². The Bertz CT molecular complexity index is 470. The van der Waals surface area contributed by atoms with Gasteiger partial charge < -0.3 is 15.2 Å². The van der Waals surface area contributed by atoms with E-state index in [0.29, 0.717) is 0 Å². The van der Waals surface area contributed by atoms with Crippen molar-refractivity contribution in [3.8, 4) is 6.07 Å². The molecule has 0 atom stereocenters. The molecule has 1 aromatic rings. The number of aliphatic hydroxyl groups is 1. The number of pyridine rings is 1. The summed E-state index contributed by atoms with van der Waals surface area (Å²) in [6, 6.07) is 2.28. The fraction of sp³-hybridized carbons (Fsp3) is 0.250. The van der Waals surface area contributed by atoms with Gasteiger partial charge in [0.2, 0.25) is 5.69 Å². The fourth-order valence-corrected chi connectivity index (χ4v) is 1.09. The first-order valence-corrected chi connectivity index (χ1v) is 3.98. The molecule has 0 saturated heterocycles. The number of hydrogen-bond donors (Lipinski definition) is 1. The second-order valence-electron chi connectivity index (χ2n) is 2.73. The zero-order valence-electron chi connectivity index (χ0n) is 7.72. The van der Waals surface area contributed by atoms with Crippen molar-refractivity contribution in [3.63, 3.8) is 0 Å². The van der Waals surface area contributed by atoms with Crippen LogP contribution in [0.15, 0.2) is 6.07 Å². The van der Waals surface area contributed by atoms with E-state index >= 15 is 0 Å². The molecule has 0 aliphatic rings. The Morgan fingerprint density at radius 1 is 1.69 bits per heavy atom. The second kappa shape index (κ2) is 4.59. The second-order valence-corrected chi connectivity index (χ2v) is 2.73. The molecule has 0 spiro atoms. The predicted molar refractivity (Wildman–Crippen MR) is 46.5 cm³/mol. The zero-order valence-corrected chi connectivity index (χ0v) is 7.72. The summed E-state index contributed by atoms with van der Waals surface area (Å²) in [4.78, 5) is 12.6. The molecule has 1 heterocycles. The van der Waals surface area contributed by atoms with Gasteiger partial charge in [-0.1, -0.05) is 0 Å². The third-order valence-corrected chi connectivity index (χ3v) is 1.78. The standard InChI is InChI=1S/C8H5F2N3O3/c9-7(10)6-4(2-11)1-5(3-14)8(12-6)13(15)16/h1,7,14H,3H2. The van der Waals surface area contributed by atoms with Gasteiger partial charge >= 0.3 is 12.2 Å². The van der Waals surface area contributed by atoms with E-state index in [0.717, 1.165) is 6.07 Å². The summed E-state index contributed by atoms with van der Waals surface area (Å²) in [6.07, 6.45) is -3.08. The summed E-state index contributed by atoms with van der Waals surface area (Å²) in [5, 5.41) is 27.8. The number of nitro groups is 1. The molecule has 1 rings (SSSR count). The van der Waals surface area contributed by atoms with Crippen molar-refractivity contribution in [2.24, 2.45) is 0 Å². The topological polar surface area (TPSA) is 100 Å². The van der Waals surface area contributed by atoms with E-state index in [9.17, 15) is 18.9 Å². The van der Waals surface area contributed by atoms with Crippen molar-refractivity contribution < 1.29 is 18.8 Å². The first kappa shape index (κ1) is 11.9. The Hall–Kier alpha value is -2.14. The summed E-state index contributed by atoms with van der Waals surface area (Å²) in [5.41, 5.74) is -1.71. The lowest BCUT2D eigenvalue weighted by Gasteiger charge is -2.02. The highest BCUT2D eigenvalue weighted by atomic mass is 19.3. The first-order valence-electron chi connectivity index (χ1n) is 3.98. The van der Waals surface area contributed by atoms with Crippen LogP contribution in [0.4, 0.5) is 14.6 Å². The Morgan fingerprint density at radius 2 is 2.31 bits per heavy atom. The van der Waals surface area contributed by atoms with Crippen molar-refractivity contribution in [1.29, 1.82) is 5.26 Å². The lowest BCUT2D eigenvalue weighted by molar-refractivity contribution is -0.390. The van der Waals surface area contributed by atoms with E-state index < -0.39 is 35.0 Å². The van der Waals surface area contributed by atoms with Crippen LogP contribution < -0.4 is 0 Å². The van der Waals surface area contributed by atoms with E-state index in [-0.39, 0.29) is 5.56 Å². The maximum absolute atomic E-state index is 12.4. The molecule has 0 amide bonds. The van der Waals surface area contributed by atoms with Crippen LogP contribution in [0.5, 0.6) is 0 Å². The van der Waals surface area contributed by atoms with Gasteiger partial charge in [0, 0.05) is 0 Å². The van der Waals surface area contributed by atoms with E-state index in [4.69, 9.17) is 10.4 Å². The molecular formula is C8H5F2N3O3. The van der Waals surface area contributed by atoms with Crippen LogP contribution in [0.1, 0.15) is 23.2 Å². The number of hydrogen-bond acceptors (Lipinski definition) is 5. The molecule has 0 bridgehead atoms. The smallest absolute Gasteiger partial charge is 0.369 e. The lowest BCUT2D eigenvalue weighted by Crippen LogP contribution is -2.05. The zero-order chi connectivity index (χ0) is 12.3. The van der Waals surface area contributed by atoms with Crippen LogP contribution in [-0.2, 0) is 6.61 Å². The third-order valence-electron chi connectivity index (χ3n) is 1.78. The van der Waals surface area contributed by atoms with Gasteiger partial charge in [-0.15, -0.1) is 0 Å². The minimum atomic E-state index is -3.08. The van der Waals surface area contributed by atoms with Crippen molar-refractivity contribution in [2.75, 3.05) is 0 Å². The molecule has 0 fully saturated rings. The number of rotatable bonds is 3. The molecule has 6 nitrogen and oxygen atoms in total. The molecule has 0 aliphatic heterocycles. The Balaban J connectivity index is 3.48. The van der Waals surface area contributed by atoms with E-state index in [1.807, 2.05) is 0 Å².